The predicted molar refractivity (Wildman–Crippen MR) is 82.0 cm³/mol. The minimum Gasteiger partial charge on any atom is -0.496 e. The lowest BCUT2D eigenvalue weighted by atomic mass is 9.92. The van der Waals surface area contributed by atoms with Crippen molar-refractivity contribution in [3.8, 4) is 5.75 Å². The zero-order valence-electron chi connectivity index (χ0n) is 12.8. The number of nitrogens with two attached hydrogens (primary N) is 1. The summed E-state index contributed by atoms with van der Waals surface area (Å²) in [7, 11) is 1.70. The highest BCUT2D eigenvalue weighted by atomic mass is 16.5. The summed E-state index contributed by atoms with van der Waals surface area (Å²) in [5.74, 6) is 0.891. The summed E-state index contributed by atoms with van der Waals surface area (Å²) in [5, 5.41) is 0. The van der Waals surface area contributed by atoms with Crippen LogP contribution >= 0.6 is 0 Å². The van der Waals surface area contributed by atoms with Crippen LogP contribution in [0.2, 0.25) is 0 Å². The van der Waals surface area contributed by atoms with E-state index in [0.29, 0.717) is 13.2 Å². The number of benzene rings is 1. The SMILES string of the molecule is COc1ccc(C)cc1COCC1(N)CCCCCC1. The van der Waals surface area contributed by atoms with Crippen molar-refractivity contribution < 1.29 is 9.47 Å². The van der Waals surface area contributed by atoms with Crippen LogP contribution in [0.1, 0.15) is 49.7 Å². The van der Waals surface area contributed by atoms with Crippen molar-refractivity contribution in [1.82, 2.24) is 0 Å². The first kappa shape index (κ1) is 15.3. The molecule has 1 aliphatic carbocycles. The Morgan fingerprint density at radius 2 is 1.85 bits per heavy atom. The molecular formula is C17H27NO2. The Morgan fingerprint density at radius 3 is 2.50 bits per heavy atom. The van der Waals surface area contributed by atoms with Gasteiger partial charge in [0, 0.05) is 11.1 Å². The Kier molecular flexibility index (Phi) is 5.44. The van der Waals surface area contributed by atoms with Gasteiger partial charge in [-0.25, -0.2) is 0 Å². The topological polar surface area (TPSA) is 44.5 Å². The minimum atomic E-state index is -0.131. The van der Waals surface area contributed by atoms with Crippen LogP contribution in [0.15, 0.2) is 18.2 Å². The maximum atomic E-state index is 6.47. The highest BCUT2D eigenvalue weighted by molar-refractivity contribution is 5.36. The monoisotopic (exact) mass is 277 g/mol. The van der Waals surface area contributed by atoms with E-state index in [9.17, 15) is 0 Å². The minimum absolute atomic E-state index is 0.131. The average molecular weight is 277 g/mol. The van der Waals surface area contributed by atoms with Gasteiger partial charge in [-0.3, -0.25) is 0 Å². The molecule has 0 heterocycles. The van der Waals surface area contributed by atoms with Crippen molar-refractivity contribution in [3.63, 3.8) is 0 Å². The number of hydrogen-bond donors (Lipinski definition) is 1. The third-order valence-corrected chi connectivity index (χ3v) is 4.18. The molecule has 112 valence electrons. The van der Waals surface area contributed by atoms with Gasteiger partial charge in [0.1, 0.15) is 5.75 Å². The molecule has 1 fully saturated rings. The fourth-order valence-corrected chi connectivity index (χ4v) is 2.96. The molecule has 0 amide bonds. The van der Waals surface area contributed by atoms with Crippen LogP contribution in [0, 0.1) is 6.92 Å². The molecule has 0 atom stereocenters. The maximum absolute atomic E-state index is 6.47. The van der Waals surface area contributed by atoms with Gasteiger partial charge in [-0.2, -0.15) is 0 Å². The summed E-state index contributed by atoms with van der Waals surface area (Å²) >= 11 is 0. The van der Waals surface area contributed by atoms with Crippen LogP contribution in [0.25, 0.3) is 0 Å². The summed E-state index contributed by atoms with van der Waals surface area (Å²) in [6, 6.07) is 6.17. The molecule has 2 rings (SSSR count). The van der Waals surface area contributed by atoms with Gasteiger partial charge in [0.15, 0.2) is 0 Å². The van der Waals surface area contributed by atoms with Gasteiger partial charge < -0.3 is 15.2 Å². The first-order chi connectivity index (χ1) is 9.63. The quantitative estimate of drug-likeness (QED) is 0.837. The fraction of sp³-hybridized carbons (Fsp3) is 0.647. The first-order valence-electron chi connectivity index (χ1n) is 7.63. The number of methoxy groups -OCH3 is 1. The summed E-state index contributed by atoms with van der Waals surface area (Å²) in [6.07, 6.45) is 7.24. The molecule has 0 bridgehead atoms. The molecule has 0 aliphatic heterocycles. The molecule has 3 nitrogen and oxygen atoms in total. The summed E-state index contributed by atoms with van der Waals surface area (Å²) < 4.78 is 11.3. The molecule has 0 aromatic heterocycles. The largest absolute Gasteiger partial charge is 0.496 e. The Hall–Kier alpha value is -1.06. The number of hydrogen-bond acceptors (Lipinski definition) is 3. The Labute approximate surface area is 122 Å². The van der Waals surface area contributed by atoms with Gasteiger partial charge in [-0.1, -0.05) is 43.4 Å². The summed E-state index contributed by atoms with van der Waals surface area (Å²) in [5.41, 5.74) is 8.66. The Morgan fingerprint density at radius 1 is 1.15 bits per heavy atom. The highest BCUT2D eigenvalue weighted by Gasteiger charge is 2.26. The highest BCUT2D eigenvalue weighted by Crippen LogP contribution is 2.26. The van der Waals surface area contributed by atoms with Crippen molar-refractivity contribution >= 4 is 0 Å². The molecule has 1 aliphatic rings. The van der Waals surface area contributed by atoms with E-state index >= 15 is 0 Å². The van der Waals surface area contributed by atoms with Crippen molar-refractivity contribution in [1.29, 1.82) is 0 Å². The van der Waals surface area contributed by atoms with E-state index in [-0.39, 0.29) is 5.54 Å². The first-order valence-corrected chi connectivity index (χ1v) is 7.63. The molecule has 2 N–H and O–H groups in total. The molecule has 0 saturated heterocycles. The lowest BCUT2D eigenvalue weighted by Gasteiger charge is -2.27. The van der Waals surface area contributed by atoms with Crippen molar-refractivity contribution in [2.24, 2.45) is 5.73 Å². The van der Waals surface area contributed by atoms with Crippen molar-refractivity contribution in [2.75, 3.05) is 13.7 Å². The van der Waals surface area contributed by atoms with E-state index in [1.807, 2.05) is 6.07 Å². The summed E-state index contributed by atoms with van der Waals surface area (Å²) in [4.78, 5) is 0. The third kappa shape index (κ3) is 4.22. The van der Waals surface area contributed by atoms with E-state index in [4.69, 9.17) is 15.2 Å². The van der Waals surface area contributed by atoms with Gasteiger partial charge in [0.05, 0.1) is 20.3 Å². The predicted octanol–water partition coefficient (Wildman–Crippen LogP) is 3.57. The van der Waals surface area contributed by atoms with Crippen LogP contribution in [0.5, 0.6) is 5.75 Å². The van der Waals surface area contributed by atoms with Gasteiger partial charge in [-0.05, 0) is 25.8 Å². The second kappa shape index (κ2) is 7.09. The zero-order valence-corrected chi connectivity index (χ0v) is 12.8. The van der Waals surface area contributed by atoms with Gasteiger partial charge in [-0.15, -0.1) is 0 Å². The van der Waals surface area contributed by atoms with Crippen LogP contribution in [-0.4, -0.2) is 19.3 Å². The van der Waals surface area contributed by atoms with Crippen LogP contribution in [-0.2, 0) is 11.3 Å². The van der Waals surface area contributed by atoms with Gasteiger partial charge in [0.25, 0.3) is 0 Å². The van der Waals surface area contributed by atoms with E-state index in [1.165, 1.54) is 31.2 Å². The smallest absolute Gasteiger partial charge is 0.124 e. The van der Waals surface area contributed by atoms with Gasteiger partial charge in [0.2, 0.25) is 0 Å². The third-order valence-electron chi connectivity index (χ3n) is 4.18. The van der Waals surface area contributed by atoms with Crippen LogP contribution in [0.3, 0.4) is 0 Å². The lowest BCUT2D eigenvalue weighted by molar-refractivity contribution is 0.0656. The second-order valence-electron chi connectivity index (χ2n) is 6.08. The van der Waals surface area contributed by atoms with E-state index in [0.717, 1.165) is 24.2 Å². The molecule has 0 spiro atoms. The number of aryl methyl sites for hydroxylation is 1. The molecule has 0 unspecified atom stereocenters. The summed E-state index contributed by atoms with van der Waals surface area (Å²) in [6.45, 7) is 3.30. The molecule has 1 aromatic rings. The van der Waals surface area contributed by atoms with Crippen molar-refractivity contribution in [2.45, 2.75) is 57.6 Å². The van der Waals surface area contributed by atoms with Crippen LogP contribution < -0.4 is 10.5 Å². The van der Waals surface area contributed by atoms with Crippen LogP contribution in [0.4, 0.5) is 0 Å². The molecule has 20 heavy (non-hydrogen) atoms. The van der Waals surface area contributed by atoms with Gasteiger partial charge >= 0.3 is 0 Å². The maximum Gasteiger partial charge on any atom is 0.124 e. The average Bonchev–Trinajstić information content (AvgIpc) is 2.64. The molecule has 1 saturated carbocycles. The number of ether oxygens (including phenoxy) is 2. The van der Waals surface area contributed by atoms with Crippen molar-refractivity contribution in [3.05, 3.63) is 29.3 Å². The number of rotatable bonds is 5. The zero-order chi connectivity index (χ0) is 14.4. The lowest BCUT2D eigenvalue weighted by Crippen LogP contribution is -2.43. The Bertz CT molecular complexity index is 423. The molecular weight excluding hydrogens is 250 g/mol. The Balaban J connectivity index is 1.90. The van der Waals surface area contributed by atoms with E-state index in [2.05, 4.69) is 19.1 Å². The molecule has 0 radical (unpaired) electrons. The standard InChI is InChI=1S/C17H27NO2/c1-14-7-8-16(19-2)15(11-14)12-20-13-17(18)9-5-3-4-6-10-17/h7-8,11H,3-6,9-10,12-13,18H2,1-2H3. The fourth-order valence-electron chi connectivity index (χ4n) is 2.96. The van der Waals surface area contributed by atoms with E-state index < -0.39 is 0 Å². The molecule has 1 aromatic carbocycles. The molecule has 3 heteroatoms. The second-order valence-corrected chi connectivity index (χ2v) is 6.08. The normalized spacial score (nSPS) is 18.6. The van der Waals surface area contributed by atoms with E-state index in [1.54, 1.807) is 7.11 Å².